The Bertz CT molecular complexity index is 473. The number of hydrogen-bond donors (Lipinski definition) is 2. The van der Waals surface area contributed by atoms with Gasteiger partial charge in [0, 0.05) is 38.9 Å². The number of hydrogen-bond acceptors (Lipinski definition) is 5. The Labute approximate surface area is 138 Å². The van der Waals surface area contributed by atoms with Gasteiger partial charge in [0.15, 0.2) is 0 Å². The number of amides is 1. The van der Waals surface area contributed by atoms with Crippen LogP contribution in [0, 0.1) is 5.92 Å². The SMILES string of the molecule is CC(C)C(O)CCNC(=O)CN1CCN(c2ccccn2)CC1. The fourth-order valence-corrected chi connectivity index (χ4v) is 2.63. The number of aromatic nitrogens is 1. The second-order valence-corrected chi connectivity index (χ2v) is 6.40. The summed E-state index contributed by atoms with van der Waals surface area (Å²) in [5, 5.41) is 12.6. The Morgan fingerprint density at radius 3 is 2.65 bits per heavy atom. The van der Waals surface area contributed by atoms with Crippen molar-refractivity contribution >= 4 is 11.7 Å². The van der Waals surface area contributed by atoms with Crippen molar-refractivity contribution in [2.75, 3.05) is 44.2 Å². The number of aliphatic hydroxyl groups excluding tert-OH is 1. The van der Waals surface area contributed by atoms with E-state index in [4.69, 9.17) is 0 Å². The van der Waals surface area contributed by atoms with Crippen LogP contribution in [0.1, 0.15) is 20.3 Å². The third kappa shape index (κ3) is 5.80. The molecule has 2 rings (SSSR count). The number of rotatable bonds is 7. The first-order chi connectivity index (χ1) is 11.1. The highest BCUT2D eigenvalue weighted by Gasteiger charge is 2.19. The van der Waals surface area contributed by atoms with Crippen molar-refractivity contribution in [2.24, 2.45) is 5.92 Å². The number of aliphatic hydroxyl groups is 1. The van der Waals surface area contributed by atoms with E-state index in [1.807, 2.05) is 32.0 Å². The molecule has 0 saturated carbocycles. The standard InChI is InChI=1S/C17H28N4O2/c1-14(2)15(22)6-8-19-17(23)13-20-9-11-21(12-10-20)16-5-3-4-7-18-16/h3-5,7,14-15,22H,6,8-13H2,1-2H3,(H,19,23). The van der Waals surface area contributed by atoms with Gasteiger partial charge < -0.3 is 15.3 Å². The number of carbonyl (C=O) groups is 1. The molecule has 1 aliphatic rings. The van der Waals surface area contributed by atoms with Crippen molar-refractivity contribution in [1.82, 2.24) is 15.2 Å². The van der Waals surface area contributed by atoms with Gasteiger partial charge in [0.1, 0.15) is 5.82 Å². The van der Waals surface area contributed by atoms with Gasteiger partial charge in [0.05, 0.1) is 12.6 Å². The van der Waals surface area contributed by atoms with E-state index in [0.29, 0.717) is 19.5 Å². The van der Waals surface area contributed by atoms with Crippen LogP contribution in [0.5, 0.6) is 0 Å². The predicted octanol–water partition coefficient (Wildman–Crippen LogP) is 0.727. The molecule has 2 heterocycles. The summed E-state index contributed by atoms with van der Waals surface area (Å²) in [5.74, 6) is 1.26. The van der Waals surface area contributed by atoms with Crippen LogP contribution in [0.15, 0.2) is 24.4 Å². The summed E-state index contributed by atoms with van der Waals surface area (Å²) in [6.45, 7) is 8.41. The van der Waals surface area contributed by atoms with Gasteiger partial charge >= 0.3 is 0 Å². The molecule has 1 aromatic rings. The molecular weight excluding hydrogens is 292 g/mol. The van der Waals surface area contributed by atoms with Crippen molar-refractivity contribution in [3.05, 3.63) is 24.4 Å². The Hall–Kier alpha value is -1.66. The highest BCUT2D eigenvalue weighted by molar-refractivity contribution is 5.78. The molecule has 1 saturated heterocycles. The quantitative estimate of drug-likeness (QED) is 0.775. The Kier molecular flexibility index (Phi) is 6.80. The van der Waals surface area contributed by atoms with Gasteiger partial charge in [-0.3, -0.25) is 9.69 Å². The molecule has 1 amide bonds. The van der Waals surface area contributed by atoms with Crippen LogP contribution in [0.25, 0.3) is 0 Å². The van der Waals surface area contributed by atoms with Gasteiger partial charge in [-0.25, -0.2) is 4.98 Å². The lowest BCUT2D eigenvalue weighted by Crippen LogP contribution is -2.49. The van der Waals surface area contributed by atoms with E-state index in [-0.39, 0.29) is 17.9 Å². The van der Waals surface area contributed by atoms with Crippen LogP contribution in [-0.4, -0.2) is 66.3 Å². The lowest BCUT2D eigenvalue weighted by Gasteiger charge is -2.34. The summed E-state index contributed by atoms with van der Waals surface area (Å²) < 4.78 is 0. The van der Waals surface area contributed by atoms with Crippen LogP contribution < -0.4 is 10.2 Å². The molecule has 0 aliphatic carbocycles. The summed E-state index contributed by atoms with van der Waals surface area (Å²) in [5.41, 5.74) is 0. The summed E-state index contributed by atoms with van der Waals surface area (Å²) in [7, 11) is 0. The topological polar surface area (TPSA) is 68.7 Å². The zero-order valence-corrected chi connectivity index (χ0v) is 14.1. The molecule has 0 aromatic carbocycles. The van der Waals surface area contributed by atoms with Crippen LogP contribution in [0.4, 0.5) is 5.82 Å². The van der Waals surface area contributed by atoms with Crippen molar-refractivity contribution in [1.29, 1.82) is 0 Å². The van der Waals surface area contributed by atoms with Crippen LogP contribution in [-0.2, 0) is 4.79 Å². The molecule has 6 heteroatoms. The van der Waals surface area contributed by atoms with Crippen molar-refractivity contribution in [3.63, 3.8) is 0 Å². The van der Waals surface area contributed by atoms with Gasteiger partial charge in [-0.05, 0) is 24.5 Å². The monoisotopic (exact) mass is 320 g/mol. The molecule has 2 N–H and O–H groups in total. The van der Waals surface area contributed by atoms with Gasteiger partial charge in [0.25, 0.3) is 0 Å². The smallest absolute Gasteiger partial charge is 0.234 e. The second-order valence-electron chi connectivity index (χ2n) is 6.40. The van der Waals surface area contributed by atoms with Gasteiger partial charge in [-0.15, -0.1) is 0 Å². The molecular formula is C17H28N4O2. The largest absolute Gasteiger partial charge is 0.393 e. The average Bonchev–Trinajstić information content (AvgIpc) is 2.56. The third-order valence-electron chi connectivity index (χ3n) is 4.24. The highest BCUT2D eigenvalue weighted by Crippen LogP contribution is 2.12. The van der Waals surface area contributed by atoms with Crippen LogP contribution in [0.2, 0.25) is 0 Å². The number of nitrogens with one attached hydrogen (secondary N) is 1. The normalized spacial score (nSPS) is 17.3. The summed E-state index contributed by atoms with van der Waals surface area (Å²) in [4.78, 5) is 20.7. The minimum absolute atomic E-state index is 0.0345. The zero-order valence-electron chi connectivity index (χ0n) is 14.1. The Morgan fingerprint density at radius 1 is 1.30 bits per heavy atom. The molecule has 1 fully saturated rings. The predicted molar refractivity (Wildman–Crippen MR) is 91.4 cm³/mol. The molecule has 128 valence electrons. The van der Waals surface area contributed by atoms with Gasteiger partial charge in [-0.1, -0.05) is 19.9 Å². The minimum Gasteiger partial charge on any atom is -0.393 e. The fourth-order valence-electron chi connectivity index (χ4n) is 2.63. The molecule has 0 bridgehead atoms. The van der Waals surface area contributed by atoms with E-state index in [0.717, 1.165) is 32.0 Å². The van der Waals surface area contributed by atoms with E-state index < -0.39 is 0 Å². The Morgan fingerprint density at radius 2 is 2.04 bits per heavy atom. The lowest BCUT2D eigenvalue weighted by molar-refractivity contribution is -0.122. The van der Waals surface area contributed by atoms with E-state index >= 15 is 0 Å². The first-order valence-corrected chi connectivity index (χ1v) is 8.39. The van der Waals surface area contributed by atoms with E-state index in [2.05, 4.69) is 20.1 Å². The highest BCUT2D eigenvalue weighted by atomic mass is 16.3. The van der Waals surface area contributed by atoms with Crippen molar-refractivity contribution in [2.45, 2.75) is 26.4 Å². The number of anilines is 1. The maximum atomic E-state index is 12.0. The summed E-state index contributed by atoms with van der Waals surface area (Å²) in [6.07, 6.45) is 2.06. The first kappa shape index (κ1) is 17.7. The lowest BCUT2D eigenvalue weighted by atomic mass is 10.0. The number of nitrogens with zero attached hydrogens (tertiary/aromatic N) is 3. The molecule has 0 spiro atoms. The first-order valence-electron chi connectivity index (χ1n) is 8.39. The molecule has 1 unspecified atom stereocenters. The van der Waals surface area contributed by atoms with Crippen LogP contribution in [0.3, 0.4) is 0 Å². The summed E-state index contributed by atoms with van der Waals surface area (Å²) in [6, 6.07) is 5.93. The Balaban J connectivity index is 1.65. The molecule has 23 heavy (non-hydrogen) atoms. The number of piperazine rings is 1. The van der Waals surface area contributed by atoms with E-state index in [1.54, 1.807) is 6.20 Å². The molecule has 6 nitrogen and oxygen atoms in total. The maximum absolute atomic E-state index is 12.0. The second kappa shape index (κ2) is 8.84. The van der Waals surface area contributed by atoms with Gasteiger partial charge in [0.2, 0.25) is 5.91 Å². The van der Waals surface area contributed by atoms with E-state index in [9.17, 15) is 9.90 Å². The molecule has 1 aromatic heterocycles. The molecule has 0 radical (unpaired) electrons. The van der Waals surface area contributed by atoms with Crippen molar-refractivity contribution in [3.8, 4) is 0 Å². The zero-order chi connectivity index (χ0) is 16.7. The van der Waals surface area contributed by atoms with Crippen molar-refractivity contribution < 1.29 is 9.90 Å². The summed E-state index contributed by atoms with van der Waals surface area (Å²) >= 11 is 0. The average molecular weight is 320 g/mol. The number of pyridine rings is 1. The van der Waals surface area contributed by atoms with Crippen LogP contribution >= 0.6 is 0 Å². The number of carbonyl (C=O) groups excluding carboxylic acids is 1. The van der Waals surface area contributed by atoms with E-state index in [1.165, 1.54) is 0 Å². The molecule has 1 atom stereocenters. The maximum Gasteiger partial charge on any atom is 0.234 e. The van der Waals surface area contributed by atoms with Gasteiger partial charge in [-0.2, -0.15) is 0 Å². The third-order valence-corrected chi connectivity index (χ3v) is 4.24. The fraction of sp³-hybridized carbons (Fsp3) is 0.647. The molecule has 1 aliphatic heterocycles. The minimum atomic E-state index is -0.350.